The summed E-state index contributed by atoms with van der Waals surface area (Å²) in [5.41, 5.74) is 6.23. The zero-order valence-electron chi connectivity index (χ0n) is 12.8. The number of nitrogens with two attached hydrogens (primary N) is 1. The minimum absolute atomic E-state index is 0.0357. The lowest BCUT2D eigenvalue weighted by molar-refractivity contribution is 0.194. The standard InChI is InChI=1S/C14H24N2O3S/c1-10(2)8-11(3)19-14-7-6-12(9-13(14)15)20(17,18)16(4)5/h6-7,9-11H,8,15H2,1-5H3. The average Bonchev–Trinajstić information content (AvgIpc) is 2.30. The van der Waals surface area contributed by atoms with Crippen LogP contribution in [0.25, 0.3) is 0 Å². The summed E-state index contributed by atoms with van der Waals surface area (Å²) < 4.78 is 30.9. The number of hydrogen-bond acceptors (Lipinski definition) is 4. The first-order chi connectivity index (χ1) is 9.14. The van der Waals surface area contributed by atoms with Crippen LogP contribution in [0, 0.1) is 5.92 Å². The van der Waals surface area contributed by atoms with E-state index in [9.17, 15) is 8.42 Å². The number of ether oxygens (including phenoxy) is 1. The Morgan fingerprint density at radius 1 is 1.25 bits per heavy atom. The number of rotatable bonds is 6. The minimum Gasteiger partial charge on any atom is -0.489 e. The zero-order valence-corrected chi connectivity index (χ0v) is 13.6. The molecule has 1 aromatic carbocycles. The van der Waals surface area contributed by atoms with Gasteiger partial charge in [0.05, 0.1) is 16.7 Å². The lowest BCUT2D eigenvalue weighted by atomic mass is 10.1. The van der Waals surface area contributed by atoms with Crippen LogP contribution >= 0.6 is 0 Å². The second-order valence-electron chi connectivity index (χ2n) is 5.55. The fourth-order valence-electron chi connectivity index (χ4n) is 1.93. The Kier molecular flexibility index (Phi) is 5.42. The highest BCUT2D eigenvalue weighted by atomic mass is 32.2. The van der Waals surface area contributed by atoms with Gasteiger partial charge in [-0.05, 0) is 37.5 Å². The second kappa shape index (κ2) is 6.45. The fourth-order valence-corrected chi connectivity index (χ4v) is 2.87. The molecule has 1 rings (SSSR count). The molecule has 2 N–H and O–H groups in total. The van der Waals surface area contributed by atoms with Gasteiger partial charge in [-0.1, -0.05) is 13.8 Å². The van der Waals surface area contributed by atoms with E-state index in [2.05, 4.69) is 13.8 Å². The van der Waals surface area contributed by atoms with Crippen LogP contribution in [0.1, 0.15) is 27.2 Å². The predicted octanol–water partition coefficient (Wildman–Crippen LogP) is 2.33. The molecule has 5 nitrogen and oxygen atoms in total. The summed E-state index contributed by atoms with van der Waals surface area (Å²) in [6.07, 6.45) is 0.950. The Morgan fingerprint density at radius 2 is 1.85 bits per heavy atom. The maximum atomic E-state index is 12.0. The predicted molar refractivity (Wildman–Crippen MR) is 81.3 cm³/mol. The topological polar surface area (TPSA) is 72.6 Å². The van der Waals surface area contributed by atoms with Gasteiger partial charge >= 0.3 is 0 Å². The zero-order chi connectivity index (χ0) is 15.5. The molecule has 0 bridgehead atoms. The Hall–Kier alpha value is -1.27. The third-order valence-corrected chi connectivity index (χ3v) is 4.70. The molecule has 0 heterocycles. The number of nitrogen functional groups attached to an aromatic ring is 1. The number of nitrogens with zero attached hydrogens (tertiary/aromatic N) is 1. The number of sulfonamides is 1. The number of anilines is 1. The highest BCUT2D eigenvalue weighted by Crippen LogP contribution is 2.27. The van der Waals surface area contributed by atoms with Crippen molar-refractivity contribution in [3.63, 3.8) is 0 Å². The summed E-state index contributed by atoms with van der Waals surface area (Å²) in [6.45, 7) is 6.22. The van der Waals surface area contributed by atoms with Crippen LogP contribution in [0.4, 0.5) is 5.69 Å². The van der Waals surface area contributed by atoms with Crippen molar-refractivity contribution in [1.29, 1.82) is 0 Å². The summed E-state index contributed by atoms with van der Waals surface area (Å²) in [4.78, 5) is 0.170. The van der Waals surface area contributed by atoms with E-state index in [0.717, 1.165) is 10.7 Å². The van der Waals surface area contributed by atoms with E-state index < -0.39 is 10.0 Å². The molecule has 1 unspecified atom stereocenters. The van der Waals surface area contributed by atoms with Crippen LogP contribution in [0.2, 0.25) is 0 Å². The molecule has 0 aromatic heterocycles. The molecule has 0 spiro atoms. The first-order valence-corrected chi connectivity index (χ1v) is 8.07. The maximum absolute atomic E-state index is 12.0. The summed E-state index contributed by atoms with van der Waals surface area (Å²) in [7, 11) is -0.492. The van der Waals surface area contributed by atoms with Crippen LogP contribution < -0.4 is 10.5 Å². The molecule has 6 heteroatoms. The first-order valence-electron chi connectivity index (χ1n) is 6.63. The van der Waals surface area contributed by atoms with Crippen LogP contribution in [-0.2, 0) is 10.0 Å². The van der Waals surface area contributed by atoms with Crippen molar-refractivity contribution >= 4 is 15.7 Å². The van der Waals surface area contributed by atoms with Crippen molar-refractivity contribution in [2.45, 2.75) is 38.2 Å². The SMILES string of the molecule is CC(C)CC(C)Oc1ccc(S(=O)(=O)N(C)C)cc1N. The number of benzene rings is 1. The van der Waals surface area contributed by atoms with Gasteiger partial charge in [-0.25, -0.2) is 12.7 Å². The largest absolute Gasteiger partial charge is 0.489 e. The third-order valence-electron chi connectivity index (χ3n) is 2.89. The van der Waals surface area contributed by atoms with Crippen molar-refractivity contribution < 1.29 is 13.2 Å². The van der Waals surface area contributed by atoms with Crippen LogP contribution in [-0.4, -0.2) is 32.9 Å². The van der Waals surface area contributed by atoms with E-state index in [1.54, 1.807) is 6.07 Å². The lowest BCUT2D eigenvalue weighted by Gasteiger charge is -2.19. The molecule has 1 atom stereocenters. The van der Waals surface area contributed by atoms with Gasteiger partial charge in [-0.2, -0.15) is 0 Å². The quantitative estimate of drug-likeness (QED) is 0.818. The van der Waals surface area contributed by atoms with Crippen molar-refractivity contribution in [3.8, 4) is 5.75 Å². The van der Waals surface area contributed by atoms with Gasteiger partial charge in [-0.15, -0.1) is 0 Å². The monoisotopic (exact) mass is 300 g/mol. The van der Waals surface area contributed by atoms with Gasteiger partial charge < -0.3 is 10.5 Å². The van der Waals surface area contributed by atoms with E-state index in [-0.39, 0.29) is 11.0 Å². The Morgan fingerprint density at radius 3 is 2.30 bits per heavy atom. The lowest BCUT2D eigenvalue weighted by Crippen LogP contribution is -2.22. The molecule has 0 saturated carbocycles. The molecule has 20 heavy (non-hydrogen) atoms. The summed E-state index contributed by atoms with van der Waals surface area (Å²) >= 11 is 0. The molecule has 0 aliphatic heterocycles. The molecular formula is C14H24N2O3S. The third kappa shape index (κ3) is 4.11. The average molecular weight is 300 g/mol. The summed E-state index contributed by atoms with van der Waals surface area (Å²) in [5.74, 6) is 1.05. The number of hydrogen-bond donors (Lipinski definition) is 1. The molecule has 0 saturated heterocycles. The van der Waals surface area contributed by atoms with E-state index in [4.69, 9.17) is 10.5 Å². The van der Waals surface area contributed by atoms with Crippen molar-refractivity contribution in [2.24, 2.45) is 5.92 Å². The molecule has 114 valence electrons. The maximum Gasteiger partial charge on any atom is 0.242 e. The highest BCUT2D eigenvalue weighted by molar-refractivity contribution is 7.89. The van der Waals surface area contributed by atoms with Crippen molar-refractivity contribution in [1.82, 2.24) is 4.31 Å². The van der Waals surface area contributed by atoms with Gasteiger partial charge in [0.1, 0.15) is 5.75 Å². The Labute approximate surface area is 121 Å². The molecular weight excluding hydrogens is 276 g/mol. The molecule has 0 aliphatic rings. The minimum atomic E-state index is -3.47. The van der Waals surface area contributed by atoms with Gasteiger partial charge in [-0.3, -0.25) is 0 Å². The van der Waals surface area contributed by atoms with Crippen LogP contribution in [0.3, 0.4) is 0 Å². The van der Waals surface area contributed by atoms with Crippen LogP contribution in [0.15, 0.2) is 23.1 Å². The Bertz CT molecular complexity index is 554. The highest BCUT2D eigenvalue weighted by Gasteiger charge is 2.19. The first kappa shape index (κ1) is 16.8. The Balaban J connectivity index is 2.95. The normalized spacial score (nSPS) is 13.8. The van der Waals surface area contributed by atoms with E-state index >= 15 is 0 Å². The van der Waals surface area contributed by atoms with E-state index in [1.165, 1.54) is 26.2 Å². The molecule has 0 aliphatic carbocycles. The summed E-state index contributed by atoms with van der Waals surface area (Å²) in [5, 5.41) is 0. The summed E-state index contributed by atoms with van der Waals surface area (Å²) in [6, 6.07) is 4.57. The van der Waals surface area contributed by atoms with Crippen molar-refractivity contribution in [3.05, 3.63) is 18.2 Å². The molecule has 0 fully saturated rings. The van der Waals surface area contributed by atoms with Crippen LogP contribution in [0.5, 0.6) is 5.75 Å². The second-order valence-corrected chi connectivity index (χ2v) is 7.70. The van der Waals surface area contributed by atoms with E-state index in [0.29, 0.717) is 17.4 Å². The van der Waals surface area contributed by atoms with Gasteiger partial charge in [0.15, 0.2) is 0 Å². The smallest absolute Gasteiger partial charge is 0.242 e. The molecule has 0 amide bonds. The van der Waals surface area contributed by atoms with E-state index in [1.807, 2.05) is 6.92 Å². The van der Waals surface area contributed by atoms with Gasteiger partial charge in [0.25, 0.3) is 0 Å². The molecule has 0 radical (unpaired) electrons. The fraction of sp³-hybridized carbons (Fsp3) is 0.571. The van der Waals surface area contributed by atoms with Crippen molar-refractivity contribution in [2.75, 3.05) is 19.8 Å². The van der Waals surface area contributed by atoms with Gasteiger partial charge in [0, 0.05) is 14.1 Å². The molecule has 1 aromatic rings. The van der Waals surface area contributed by atoms with Gasteiger partial charge in [0.2, 0.25) is 10.0 Å².